The fraction of sp³-hybridized carbons (Fsp3) is 0.444. The van der Waals surface area contributed by atoms with E-state index in [1.165, 1.54) is 12.0 Å². The molecule has 0 N–H and O–H groups in total. The molecule has 1 fully saturated rings. The molecule has 1 spiro atoms. The molecule has 0 saturated heterocycles. The second kappa shape index (κ2) is 4.96. The average molecular weight is 256 g/mol. The van der Waals surface area contributed by atoms with Crippen molar-refractivity contribution in [1.82, 2.24) is 0 Å². The lowest BCUT2D eigenvalue weighted by Crippen LogP contribution is -2.18. The van der Waals surface area contributed by atoms with Crippen molar-refractivity contribution in [3.05, 3.63) is 53.1 Å². The molecule has 0 aliphatic heterocycles. The smallest absolute Gasteiger partial charge is 0.130 e. The first-order chi connectivity index (χ1) is 9.21. The van der Waals surface area contributed by atoms with Crippen molar-refractivity contribution in [2.75, 3.05) is 0 Å². The Hall–Kier alpha value is -1.37. The number of hydrogen-bond donors (Lipinski definition) is 0. The van der Waals surface area contributed by atoms with E-state index in [2.05, 4.69) is 12.2 Å². The Kier molecular flexibility index (Phi) is 3.30. The highest BCUT2D eigenvalue weighted by Gasteiger charge is 2.39. The van der Waals surface area contributed by atoms with Gasteiger partial charge in [-0.25, -0.2) is 4.39 Å². The Morgan fingerprint density at radius 1 is 1.11 bits per heavy atom. The third-order valence-electron chi connectivity index (χ3n) is 4.65. The fourth-order valence-corrected chi connectivity index (χ4v) is 3.57. The maximum atomic E-state index is 14.8. The first-order valence-electron chi connectivity index (χ1n) is 7.35. The molecular weight excluding hydrogens is 235 g/mol. The Morgan fingerprint density at radius 2 is 1.84 bits per heavy atom. The molecule has 0 heterocycles. The molecule has 19 heavy (non-hydrogen) atoms. The molecule has 1 saturated carbocycles. The summed E-state index contributed by atoms with van der Waals surface area (Å²) < 4.78 is 14.8. The van der Waals surface area contributed by atoms with Crippen molar-refractivity contribution >= 4 is 5.83 Å². The molecular formula is C18H21F. The number of rotatable bonds is 1. The fourth-order valence-electron chi connectivity index (χ4n) is 3.57. The maximum absolute atomic E-state index is 14.8. The molecule has 0 aromatic heterocycles. The summed E-state index contributed by atoms with van der Waals surface area (Å²) in [5.41, 5.74) is 3.01. The van der Waals surface area contributed by atoms with Gasteiger partial charge in [0.1, 0.15) is 5.83 Å². The van der Waals surface area contributed by atoms with E-state index in [9.17, 15) is 4.39 Å². The van der Waals surface area contributed by atoms with Crippen molar-refractivity contribution in [2.24, 2.45) is 5.41 Å². The minimum Gasteiger partial charge on any atom is -0.206 e. The van der Waals surface area contributed by atoms with E-state index in [-0.39, 0.29) is 11.2 Å². The van der Waals surface area contributed by atoms with Crippen LogP contribution in [0.3, 0.4) is 0 Å². The van der Waals surface area contributed by atoms with Gasteiger partial charge in [0.25, 0.3) is 0 Å². The monoisotopic (exact) mass is 256 g/mol. The minimum atomic E-state index is 0.0315. The van der Waals surface area contributed by atoms with Crippen LogP contribution in [0, 0.1) is 12.3 Å². The third kappa shape index (κ3) is 2.27. The van der Waals surface area contributed by atoms with Crippen LogP contribution in [-0.4, -0.2) is 0 Å². The van der Waals surface area contributed by atoms with Crippen LogP contribution in [0.4, 0.5) is 4.39 Å². The Bertz CT molecular complexity index is 521. The first kappa shape index (κ1) is 12.7. The number of halogens is 1. The van der Waals surface area contributed by atoms with Gasteiger partial charge in [0.2, 0.25) is 0 Å². The Balaban J connectivity index is 2.02. The van der Waals surface area contributed by atoms with Crippen molar-refractivity contribution < 1.29 is 4.39 Å². The molecule has 0 bridgehead atoms. The second-order valence-electron chi connectivity index (χ2n) is 5.96. The van der Waals surface area contributed by atoms with Gasteiger partial charge in [-0.2, -0.15) is 0 Å². The van der Waals surface area contributed by atoms with Gasteiger partial charge in [-0.05, 0) is 51.0 Å². The quantitative estimate of drug-likeness (QED) is 0.575. The zero-order chi connectivity index (χ0) is 13.3. The molecule has 2 aliphatic carbocycles. The van der Waals surface area contributed by atoms with Crippen LogP contribution in [0.5, 0.6) is 0 Å². The maximum Gasteiger partial charge on any atom is 0.130 e. The van der Waals surface area contributed by atoms with E-state index < -0.39 is 0 Å². The van der Waals surface area contributed by atoms with Gasteiger partial charge in [0, 0.05) is 11.0 Å². The van der Waals surface area contributed by atoms with Gasteiger partial charge >= 0.3 is 0 Å². The van der Waals surface area contributed by atoms with Crippen LogP contribution in [0.2, 0.25) is 0 Å². The largest absolute Gasteiger partial charge is 0.206 e. The molecule has 0 nitrogen and oxygen atoms in total. The van der Waals surface area contributed by atoms with Gasteiger partial charge in [-0.1, -0.05) is 42.0 Å². The van der Waals surface area contributed by atoms with Crippen LogP contribution in [0.15, 0.2) is 42.0 Å². The minimum absolute atomic E-state index is 0.0315. The van der Waals surface area contributed by atoms with Gasteiger partial charge < -0.3 is 0 Å². The summed E-state index contributed by atoms with van der Waals surface area (Å²) in [5, 5.41) is 0. The highest BCUT2D eigenvalue weighted by molar-refractivity contribution is 5.65. The molecule has 2 aliphatic rings. The van der Waals surface area contributed by atoms with E-state index >= 15 is 0 Å². The van der Waals surface area contributed by atoms with Crippen molar-refractivity contribution in [2.45, 2.75) is 45.4 Å². The van der Waals surface area contributed by atoms with Crippen LogP contribution in [0.25, 0.3) is 5.83 Å². The van der Waals surface area contributed by atoms with Crippen LogP contribution >= 0.6 is 0 Å². The SMILES string of the molecule is Cc1ccc(/C(F)=C2/CCCC23C=CCCC3)cc1. The molecule has 1 unspecified atom stereocenters. The first-order valence-corrected chi connectivity index (χ1v) is 7.35. The second-order valence-corrected chi connectivity index (χ2v) is 5.96. The lowest BCUT2D eigenvalue weighted by Gasteiger charge is -2.31. The summed E-state index contributed by atoms with van der Waals surface area (Å²) in [6.45, 7) is 2.04. The highest BCUT2D eigenvalue weighted by atomic mass is 19.1. The predicted molar refractivity (Wildman–Crippen MR) is 78.5 cm³/mol. The zero-order valence-electron chi connectivity index (χ0n) is 11.6. The van der Waals surface area contributed by atoms with Gasteiger partial charge in [0.05, 0.1) is 0 Å². The predicted octanol–water partition coefficient (Wildman–Crippen LogP) is 5.59. The van der Waals surface area contributed by atoms with Gasteiger partial charge in [-0.3, -0.25) is 0 Å². The van der Waals surface area contributed by atoms with Crippen LogP contribution in [-0.2, 0) is 0 Å². The number of allylic oxidation sites excluding steroid dienone is 3. The van der Waals surface area contributed by atoms with E-state index in [0.29, 0.717) is 0 Å². The van der Waals surface area contributed by atoms with Crippen LogP contribution < -0.4 is 0 Å². The number of hydrogen-bond acceptors (Lipinski definition) is 0. The molecule has 1 aromatic rings. The molecule has 1 heteroatoms. The van der Waals surface area contributed by atoms with Crippen molar-refractivity contribution in [1.29, 1.82) is 0 Å². The third-order valence-corrected chi connectivity index (χ3v) is 4.65. The molecule has 0 amide bonds. The van der Waals surface area contributed by atoms with Gasteiger partial charge in [0.15, 0.2) is 0 Å². The standard InChI is InChI=1S/C18H21F/c1-14-7-9-15(10-8-14)17(19)16-6-5-13-18(16)11-3-2-4-12-18/h3,7-11H,2,4-6,12-13H2,1H3/b17-16+. The van der Waals surface area contributed by atoms with Gasteiger partial charge in [-0.15, -0.1) is 0 Å². The summed E-state index contributed by atoms with van der Waals surface area (Å²) in [6, 6.07) is 7.81. The molecule has 0 radical (unpaired) electrons. The average Bonchev–Trinajstić information content (AvgIpc) is 2.83. The number of aryl methyl sites for hydroxylation is 1. The summed E-state index contributed by atoms with van der Waals surface area (Å²) in [7, 11) is 0. The molecule has 1 aromatic carbocycles. The zero-order valence-corrected chi connectivity index (χ0v) is 11.6. The molecule has 1 atom stereocenters. The number of benzene rings is 1. The van der Waals surface area contributed by atoms with Crippen molar-refractivity contribution in [3.8, 4) is 0 Å². The summed E-state index contributed by atoms with van der Waals surface area (Å²) in [4.78, 5) is 0. The van der Waals surface area contributed by atoms with Crippen molar-refractivity contribution in [3.63, 3.8) is 0 Å². The Morgan fingerprint density at radius 3 is 2.53 bits per heavy atom. The van der Waals surface area contributed by atoms with Crippen LogP contribution in [0.1, 0.15) is 49.7 Å². The van der Waals surface area contributed by atoms with E-state index in [4.69, 9.17) is 0 Å². The summed E-state index contributed by atoms with van der Waals surface area (Å²) in [5.74, 6) is 0.0315. The van der Waals surface area contributed by atoms with E-state index in [1.54, 1.807) is 0 Å². The summed E-state index contributed by atoms with van der Waals surface area (Å²) >= 11 is 0. The molecule has 3 rings (SSSR count). The summed E-state index contributed by atoms with van der Waals surface area (Å²) in [6.07, 6.45) is 11.2. The normalized spacial score (nSPS) is 28.9. The topological polar surface area (TPSA) is 0 Å². The highest BCUT2D eigenvalue weighted by Crippen LogP contribution is 2.52. The van der Waals surface area contributed by atoms with E-state index in [0.717, 1.165) is 43.2 Å². The lowest BCUT2D eigenvalue weighted by atomic mass is 9.74. The molecule has 100 valence electrons. The lowest BCUT2D eigenvalue weighted by molar-refractivity contribution is 0.400. The Labute approximate surface area is 115 Å². The van der Waals surface area contributed by atoms with E-state index in [1.807, 2.05) is 31.2 Å².